The number of halogens is 1. The van der Waals surface area contributed by atoms with Crippen LogP contribution in [-0.4, -0.2) is 80.6 Å². The van der Waals surface area contributed by atoms with E-state index in [0.717, 1.165) is 38.6 Å². The quantitative estimate of drug-likeness (QED) is 0.337. The molecule has 1 aromatic carbocycles. The second kappa shape index (κ2) is 13.4. The molecule has 1 heterocycles. The van der Waals surface area contributed by atoms with Crippen molar-refractivity contribution < 1.29 is 0 Å². The number of rotatable bonds is 8. The smallest absolute Gasteiger partial charge is 0.193 e. The standard InChI is InChI=1S/C22H39N5.HI/c1-6-20-8-10-21(11-9-20)18-26(5)22(23-7-2)24-16-19(3)17-27-14-12-25(4)13-15-27;/h8-11,19H,6-7,12-18H2,1-5H3,(H,23,24);1H. The fourth-order valence-corrected chi connectivity index (χ4v) is 3.47. The number of hydrogen-bond donors (Lipinski definition) is 1. The molecule has 0 aromatic heterocycles. The van der Waals surface area contributed by atoms with E-state index in [4.69, 9.17) is 4.99 Å². The van der Waals surface area contributed by atoms with Gasteiger partial charge in [0.15, 0.2) is 5.96 Å². The lowest BCUT2D eigenvalue weighted by Gasteiger charge is -2.33. The molecule has 0 radical (unpaired) electrons. The lowest BCUT2D eigenvalue weighted by Crippen LogP contribution is -2.46. The van der Waals surface area contributed by atoms with Crippen LogP contribution < -0.4 is 5.32 Å². The first-order valence-corrected chi connectivity index (χ1v) is 10.5. The maximum atomic E-state index is 4.92. The van der Waals surface area contributed by atoms with Crippen LogP contribution in [0, 0.1) is 5.92 Å². The molecule has 1 aliphatic rings. The van der Waals surface area contributed by atoms with Crippen LogP contribution in [0.4, 0.5) is 0 Å². The van der Waals surface area contributed by atoms with Gasteiger partial charge in [0.25, 0.3) is 0 Å². The van der Waals surface area contributed by atoms with Gasteiger partial charge in [-0.1, -0.05) is 38.1 Å². The molecule has 28 heavy (non-hydrogen) atoms. The second-order valence-electron chi connectivity index (χ2n) is 7.93. The van der Waals surface area contributed by atoms with Crippen molar-refractivity contribution in [1.82, 2.24) is 20.0 Å². The first kappa shape index (κ1) is 25.2. The van der Waals surface area contributed by atoms with E-state index in [1.54, 1.807) is 0 Å². The zero-order valence-electron chi connectivity index (χ0n) is 18.4. The Bertz CT molecular complexity index is 567. The summed E-state index contributed by atoms with van der Waals surface area (Å²) in [7, 11) is 4.33. The van der Waals surface area contributed by atoms with Gasteiger partial charge in [-0.2, -0.15) is 0 Å². The minimum Gasteiger partial charge on any atom is -0.357 e. The molecule has 0 spiro atoms. The number of aliphatic imine (C=N–C) groups is 1. The third kappa shape index (κ3) is 8.66. The summed E-state index contributed by atoms with van der Waals surface area (Å²) in [5.41, 5.74) is 2.71. The normalized spacial score (nSPS) is 17.1. The number of guanidine groups is 1. The molecule has 1 saturated heterocycles. The Balaban J connectivity index is 0.00000392. The summed E-state index contributed by atoms with van der Waals surface area (Å²) in [6.07, 6.45) is 1.09. The van der Waals surface area contributed by atoms with Crippen LogP contribution in [0.15, 0.2) is 29.3 Å². The SMILES string of the molecule is CCNC(=NCC(C)CN1CCN(C)CC1)N(C)Cc1ccc(CC)cc1.I. The van der Waals surface area contributed by atoms with Crippen LogP contribution >= 0.6 is 24.0 Å². The lowest BCUT2D eigenvalue weighted by molar-refractivity contribution is 0.140. The molecule has 1 aromatic rings. The van der Waals surface area contributed by atoms with Crippen LogP contribution in [0.25, 0.3) is 0 Å². The van der Waals surface area contributed by atoms with Gasteiger partial charge < -0.3 is 20.0 Å². The van der Waals surface area contributed by atoms with Gasteiger partial charge in [-0.3, -0.25) is 4.99 Å². The number of nitrogens with zero attached hydrogens (tertiary/aromatic N) is 4. The number of likely N-dealkylation sites (N-methyl/N-ethyl adjacent to an activating group) is 1. The van der Waals surface area contributed by atoms with Crippen molar-refractivity contribution in [1.29, 1.82) is 0 Å². The average Bonchev–Trinajstić information content (AvgIpc) is 2.67. The van der Waals surface area contributed by atoms with E-state index in [1.165, 1.54) is 37.3 Å². The molecular formula is C22H40IN5. The highest BCUT2D eigenvalue weighted by atomic mass is 127. The van der Waals surface area contributed by atoms with E-state index in [0.29, 0.717) is 5.92 Å². The van der Waals surface area contributed by atoms with Crippen LogP contribution in [0.3, 0.4) is 0 Å². The van der Waals surface area contributed by atoms with Crippen LogP contribution in [0.5, 0.6) is 0 Å². The van der Waals surface area contributed by atoms with Gasteiger partial charge in [-0.15, -0.1) is 24.0 Å². The number of benzene rings is 1. The number of hydrogen-bond acceptors (Lipinski definition) is 3. The van der Waals surface area contributed by atoms with Crippen molar-refractivity contribution in [3.63, 3.8) is 0 Å². The Labute approximate surface area is 189 Å². The molecule has 0 amide bonds. The molecule has 1 N–H and O–H groups in total. The molecule has 1 unspecified atom stereocenters. The van der Waals surface area contributed by atoms with Gasteiger partial charge in [0.1, 0.15) is 0 Å². The first-order chi connectivity index (χ1) is 13.0. The van der Waals surface area contributed by atoms with Gasteiger partial charge in [-0.05, 0) is 37.4 Å². The number of piperazine rings is 1. The highest BCUT2D eigenvalue weighted by Crippen LogP contribution is 2.09. The fourth-order valence-electron chi connectivity index (χ4n) is 3.47. The Morgan fingerprint density at radius 1 is 1.11 bits per heavy atom. The van der Waals surface area contributed by atoms with Gasteiger partial charge in [0.05, 0.1) is 0 Å². The lowest BCUT2D eigenvalue weighted by atomic mass is 10.1. The van der Waals surface area contributed by atoms with Crippen molar-refractivity contribution in [2.45, 2.75) is 33.7 Å². The van der Waals surface area contributed by atoms with Crippen LogP contribution in [-0.2, 0) is 13.0 Å². The Morgan fingerprint density at radius 2 is 1.71 bits per heavy atom. The van der Waals surface area contributed by atoms with E-state index in [1.807, 2.05) is 0 Å². The summed E-state index contributed by atoms with van der Waals surface area (Å²) < 4.78 is 0. The molecule has 0 aliphatic carbocycles. The Morgan fingerprint density at radius 3 is 2.29 bits per heavy atom. The predicted octanol–water partition coefficient (Wildman–Crippen LogP) is 3.15. The topological polar surface area (TPSA) is 34.1 Å². The molecule has 1 atom stereocenters. The van der Waals surface area contributed by atoms with E-state index in [-0.39, 0.29) is 24.0 Å². The molecule has 160 valence electrons. The van der Waals surface area contributed by atoms with Gasteiger partial charge in [-0.25, -0.2) is 0 Å². The first-order valence-electron chi connectivity index (χ1n) is 10.5. The van der Waals surface area contributed by atoms with Gasteiger partial charge >= 0.3 is 0 Å². The summed E-state index contributed by atoms with van der Waals surface area (Å²) in [5.74, 6) is 1.57. The van der Waals surface area contributed by atoms with Crippen molar-refractivity contribution in [3.05, 3.63) is 35.4 Å². The molecule has 5 nitrogen and oxygen atoms in total. The molecule has 0 saturated carbocycles. The zero-order valence-corrected chi connectivity index (χ0v) is 20.8. The van der Waals surface area contributed by atoms with Crippen molar-refractivity contribution in [2.75, 3.05) is 59.9 Å². The van der Waals surface area contributed by atoms with E-state index in [2.05, 4.69) is 79.1 Å². The van der Waals surface area contributed by atoms with Gasteiger partial charge in [0, 0.05) is 59.4 Å². The second-order valence-corrected chi connectivity index (χ2v) is 7.93. The third-order valence-electron chi connectivity index (χ3n) is 5.27. The van der Waals surface area contributed by atoms with E-state index < -0.39 is 0 Å². The zero-order chi connectivity index (χ0) is 19.6. The summed E-state index contributed by atoms with van der Waals surface area (Å²) >= 11 is 0. The van der Waals surface area contributed by atoms with E-state index >= 15 is 0 Å². The molecule has 6 heteroatoms. The Hall–Kier alpha value is -0.860. The highest BCUT2D eigenvalue weighted by Gasteiger charge is 2.16. The summed E-state index contributed by atoms with van der Waals surface area (Å²) in [4.78, 5) is 12.1. The maximum absolute atomic E-state index is 4.92. The fraction of sp³-hybridized carbons (Fsp3) is 0.682. The number of aryl methyl sites for hydroxylation is 1. The van der Waals surface area contributed by atoms with Crippen molar-refractivity contribution in [2.24, 2.45) is 10.9 Å². The van der Waals surface area contributed by atoms with Crippen LogP contribution in [0.1, 0.15) is 31.9 Å². The monoisotopic (exact) mass is 501 g/mol. The summed E-state index contributed by atoms with van der Waals surface area (Å²) in [6.45, 7) is 15.1. The molecular weight excluding hydrogens is 461 g/mol. The Kier molecular flexibility index (Phi) is 12.0. The van der Waals surface area contributed by atoms with Crippen molar-refractivity contribution >= 4 is 29.9 Å². The highest BCUT2D eigenvalue weighted by molar-refractivity contribution is 14.0. The van der Waals surface area contributed by atoms with E-state index in [9.17, 15) is 0 Å². The maximum Gasteiger partial charge on any atom is 0.193 e. The molecule has 2 rings (SSSR count). The summed E-state index contributed by atoms with van der Waals surface area (Å²) in [6, 6.07) is 8.92. The molecule has 1 aliphatic heterocycles. The summed E-state index contributed by atoms with van der Waals surface area (Å²) in [5, 5.41) is 3.45. The largest absolute Gasteiger partial charge is 0.357 e. The van der Waals surface area contributed by atoms with Crippen molar-refractivity contribution in [3.8, 4) is 0 Å². The van der Waals surface area contributed by atoms with Crippen LogP contribution in [0.2, 0.25) is 0 Å². The van der Waals surface area contributed by atoms with Gasteiger partial charge in [0.2, 0.25) is 0 Å². The molecule has 0 bridgehead atoms. The predicted molar refractivity (Wildman–Crippen MR) is 132 cm³/mol. The minimum absolute atomic E-state index is 0. The molecule has 1 fully saturated rings. The minimum atomic E-state index is 0. The average molecular weight is 502 g/mol. The third-order valence-corrected chi connectivity index (χ3v) is 5.27. The number of nitrogens with one attached hydrogen (secondary N) is 1.